The van der Waals surface area contributed by atoms with E-state index in [1.807, 2.05) is 6.07 Å². The van der Waals surface area contributed by atoms with Crippen molar-refractivity contribution in [1.82, 2.24) is 4.90 Å². The maximum atomic E-state index is 12.2. The second kappa shape index (κ2) is 7.17. The number of hydrogen-bond acceptors (Lipinski definition) is 7. The highest BCUT2D eigenvalue weighted by atomic mass is 35.5. The van der Waals surface area contributed by atoms with Gasteiger partial charge in [-0.3, -0.25) is 9.69 Å². The Bertz CT molecular complexity index is 592. The molecule has 0 spiro atoms. The number of hydrogen-bond donors (Lipinski definition) is 0. The van der Waals surface area contributed by atoms with Gasteiger partial charge in [0.25, 0.3) is 0 Å². The molecule has 2 atom stereocenters. The smallest absolute Gasteiger partial charge is 0.348 e. The highest BCUT2D eigenvalue weighted by molar-refractivity contribution is 7.13. The number of carbonyl (C=O) groups excluding carboxylic acids is 2. The number of esters is 2. The van der Waals surface area contributed by atoms with Gasteiger partial charge >= 0.3 is 11.9 Å². The van der Waals surface area contributed by atoms with Gasteiger partial charge in [-0.15, -0.1) is 23.7 Å². The fourth-order valence-electron chi connectivity index (χ4n) is 3.35. The Morgan fingerprint density at radius 3 is 2.87 bits per heavy atom. The van der Waals surface area contributed by atoms with Crippen LogP contribution < -0.4 is 0 Å². The van der Waals surface area contributed by atoms with Gasteiger partial charge in [0.15, 0.2) is 0 Å². The van der Waals surface area contributed by atoms with Crippen LogP contribution in [0, 0.1) is 11.3 Å². The largest absolute Gasteiger partial charge is 0.468 e. The van der Waals surface area contributed by atoms with E-state index in [1.54, 1.807) is 6.07 Å². The maximum Gasteiger partial charge on any atom is 0.348 e. The Hall–Kier alpha value is -1.15. The number of ether oxygens (including phenoxy) is 3. The molecule has 2 aliphatic heterocycles. The molecule has 0 radical (unpaired) electrons. The van der Waals surface area contributed by atoms with E-state index in [2.05, 4.69) is 4.90 Å². The van der Waals surface area contributed by atoms with Crippen LogP contribution in [0.1, 0.15) is 14.5 Å². The van der Waals surface area contributed by atoms with Gasteiger partial charge in [0, 0.05) is 30.4 Å². The second-order valence-electron chi connectivity index (χ2n) is 5.79. The van der Waals surface area contributed by atoms with E-state index in [0.717, 1.165) is 18.0 Å². The summed E-state index contributed by atoms with van der Waals surface area (Å²) in [6.45, 7) is 3.19. The molecule has 3 rings (SSSR count). The Morgan fingerprint density at radius 2 is 2.17 bits per heavy atom. The fraction of sp³-hybridized carbons (Fsp3) is 0.600. The molecule has 0 amide bonds. The molecule has 2 saturated heterocycles. The van der Waals surface area contributed by atoms with Gasteiger partial charge in [-0.1, -0.05) is 0 Å². The van der Waals surface area contributed by atoms with Crippen LogP contribution >= 0.6 is 23.7 Å². The third-order valence-electron chi connectivity index (χ3n) is 4.46. The van der Waals surface area contributed by atoms with E-state index < -0.39 is 5.41 Å². The molecule has 0 bridgehead atoms. The number of methoxy groups -OCH3 is 2. The van der Waals surface area contributed by atoms with Crippen LogP contribution in [0.3, 0.4) is 0 Å². The summed E-state index contributed by atoms with van der Waals surface area (Å²) in [4.78, 5) is 27.6. The number of likely N-dealkylation sites (tertiary alicyclic amines) is 1. The molecule has 3 heterocycles. The summed E-state index contributed by atoms with van der Waals surface area (Å²) in [6, 6.07) is 3.72. The van der Waals surface area contributed by atoms with Crippen molar-refractivity contribution in [3.8, 4) is 0 Å². The Labute approximate surface area is 145 Å². The first kappa shape index (κ1) is 18.2. The molecule has 6 nitrogen and oxygen atoms in total. The first-order valence-corrected chi connectivity index (χ1v) is 7.96. The minimum Gasteiger partial charge on any atom is -0.468 e. The molecule has 0 N–H and O–H groups in total. The molecule has 0 unspecified atom stereocenters. The predicted octanol–water partition coefficient (Wildman–Crippen LogP) is 1.58. The third kappa shape index (κ3) is 3.24. The van der Waals surface area contributed by atoms with Crippen LogP contribution in [-0.2, 0) is 25.5 Å². The number of halogens is 1. The van der Waals surface area contributed by atoms with Crippen LogP contribution in [0.4, 0.5) is 0 Å². The van der Waals surface area contributed by atoms with Gasteiger partial charge in [-0.05, 0) is 12.1 Å². The number of fused-ring (bicyclic) bond motifs is 1. The van der Waals surface area contributed by atoms with Gasteiger partial charge < -0.3 is 14.2 Å². The molecule has 1 aromatic heterocycles. The molecular formula is C15H20ClNO5S. The van der Waals surface area contributed by atoms with Gasteiger partial charge in [0.1, 0.15) is 10.3 Å². The molecule has 2 fully saturated rings. The normalized spacial score (nSPS) is 26.4. The molecule has 0 aliphatic carbocycles. The van der Waals surface area contributed by atoms with Crippen LogP contribution in [0.5, 0.6) is 0 Å². The van der Waals surface area contributed by atoms with E-state index in [9.17, 15) is 9.59 Å². The Balaban J connectivity index is 0.00000192. The van der Waals surface area contributed by atoms with Crippen molar-refractivity contribution in [2.75, 3.05) is 40.5 Å². The first-order chi connectivity index (χ1) is 10.6. The van der Waals surface area contributed by atoms with Crippen molar-refractivity contribution >= 4 is 35.7 Å². The van der Waals surface area contributed by atoms with Crippen molar-refractivity contribution in [2.24, 2.45) is 11.3 Å². The predicted molar refractivity (Wildman–Crippen MR) is 86.9 cm³/mol. The van der Waals surface area contributed by atoms with Crippen molar-refractivity contribution < 1.29 is 23.8 Å². The van der Waals surface area contributed by atoms with Crippen molar-refractivity contribution in [3.05, 3.63) is 21.9 Å². The average Bonchev–Trinajstić information content (AvgIpc) is 3.20. The molecule has 1 aromatic rings. The summed E-state index contributed by atoms with van der Waals surface area (Å²) in [5.74, 6) is -0.312. The lowest BCUT2D eigenvalue weighted by atomic mass is 9.81. The quantitative estimate of drug-likeness (QED) is 0.759. The van der Waals surface area contributed by atoms with E-state index in [4.69, 9.17) is 14.2 Å². The average molecular weight is 362 g/mol. The molecule has 0 aromatic carbocycles. The van der Waals surface area contributed by atoms with E-state index in [1.165, 1.54) is 25.6 Å². The van der Waals surface area contributed by atoms with E-state index in [0.29, 0.717) is 24.6 Å². The van der Waals surface area contributed by atoms with Gasteiger partial charge in [0.2, 0.25) is 0 Å². The van der Waals surface area contributed by atoms with Crippen LogP contribution in [0.15, 0.2) is 12.1 Å². The Kier molecular flexibility index (Phi) is 5.67. The summed E-state index contributed by atoms with van der Waals surface area (Å²) in [6.07, 6.45) is 0. The molecule has 2 aliphatic rings. The summed E-state index contributed by atoms with van der Waals surface area (Å²) in [7, 11) is 2.81. The van der Waals surface area contributed by atoms with Crippen molar-refractivity contribution in [3.63, 3.8) is 0 Å². The number of nitrogens with zero attached hydrogens (tertiary/aromatic N) is 1. The fourth-order valence-corrected chi connectivity index (χ4v) is 4.31. The van der Waals surface area contributed by atoms with Crippen molar-refractivity contribution in [2.45, 2.75) is 6.54 Å². The number of rotatable bonds is 4. The molecule has 0 saturated carbocycles. The van der Waals surface area contributed by atoms with Crippen molar-refractivity contribution in [1.29, 1.82) is 0 Å². The zero-order valence-electron chi connectivity index (χ0n) is 13.1. The van der Waals surface area contributed by atoms with Crippen LogP contribution in [0.25, 0.3) is 0 Å². The zero-order valence-corrected chi connectivity index (χ0v) is 14.7. The van der Waals surface area contributed by atoms with Gasteiger partial charge in [-0.25, -0.2) is 4.79 Å². The lowest BCUT2D eigenvalue weighted by Gasteiger charge is -2.23. The Morgan fingerprint density at radius 1 is 1.39 bits per heavy atom. The standard InChI is InChI=1S/C15H19NO5S.ClH/c1-19-13(17)12-4-3-11(22-12)6-16-5-10-7-21-9-15(10,8-16)14(18)20-2;/h3-4,10H,5-9H2,1-2H3;1H/t10-,15-;/m0./s1. The van der Waals surface area contributed by atoms with Crippen LogP contribution in [0.2, 0.25) is 0 Å². The van der Waals surface area contributed by atoms with Gasteiger partial charge in [0.05, 0.1) is 27.4 Å². The highest BCUT2D eigenvalue weighted by Crippen LogP contribution is 2.42. The van der Waals surface area contributed by atoms with E-state index >= 15 is 0 Å². The lowest BCUT2D eigenvalue weighted by Crippen LogP contribution is -2.39. The minimum absolute atomic E-state index is 0. The second-order valence-corrected chi connectivity index (χ2v) is 6.96. The van der Waals surface area contributed by atoms with E-state index in [-0.39, 0.29) is 30.3 Å². The zero-order chi connectivity index (χ0) is 15.7. The maximum absolute atomic E-state index is 12.2. The first-order valence-electron chi connectivity index (χ1n) is 7.14. The van der Waals surface area contributed by atoms with Crippen LogP contribution in [-0.4, -0.2) is 57.4 Å². The summed E-state index contributed by atoms with van der Waals surface area (Å²) >= 11 is 1.43. The SMILES string of the molecule is COC(=O)c1ccc(CN2C[C@H]3COC[C@@]3(C(=O)OC)C2)s1.Cl. The summed E-state index contributed by atoms with van der Waals surface area (Å²) < 4.78 is 15.2. The molecule has 128 valence electrons. The minimum atomic E-state index is -0.531. The molecule has 23 heavy (non-hydrogen) atoms. The molecule has 8 heteroatoms. The van der Waals surface area contributed by atoms with Gasteiger partial charge in [-0.2, -0.15) is 0 Å². The summed E-state index contributed by atoms with van der Waals surface area (Å²) in [5.41, 5.74) is -0.531. The highest BCUT2D eigenvalue weighted by Gasteiger charge is 2.56. The number of carbonyl (C=O) groups is 2. The topological polar surface area (TPSA) is 65.1 Å². The summed E-state index contributed by atoms with van der Waals surface area (Å²) in [5, 5.41) is 0. The monoisotopic (exact) mass is 361 g/mol. The lowest BCUT2D eigenvalue weighted by molar-refractivity contribution is -0.153. The third-order valence-corrected chi connectivity index (χ3v) is 5.51. The number of thiophene rings is 1. The molecular weight excluding hydrogens is 342 g/mol.